The number of nitrogens with one attached hydrogen (secondary N) is 1. The summed E-state index contributed by atoms with van der Waals surface area (Å²) >= 11 is 0. The van der Waals surface area contributed by atoms with E-state index in [2.05, 4.69) is 4.98 Å². The summed E-state index contributed by atoms with van der Waals surface area (Å²) in [5.74, 6) is -0.987. The van der Waals surface area contributed by atoms with Crippen LogP contribution in [0.1, 0.15) is 31.5 Å². The quantitative estimate of drug-likeness (QED) is 0.897. The van der Waals surface area contributed by atoms with Crippen molar-refractivity contribution in [1.82, 2.24) is 4.98 Å². The summed E-state index contributed by atoms with van der Waals surface area (Å²) in [7, 11) is 0. The van der Waals surface area contributed by atoms with E-state index in [1.54, 1.807) is 32.0 Å². The third-order valence-corrected chi connectivity index (χ3v) is 3.29. The highest BCUT2D eigenvalue weighted by Gasteiger charge is 2.34. The molecule has 0 fully saturated rings. The van der Waals surface area contributed by atoms with Gasteiger partial charge in [-0.3, -0.25) is 4.79 Å². The molecule has 0 bridgehead atoms. The average Bonchev–Trinajstić information content (AvgIpc) is 2.69. The van der Waals surface area contributed by atoms with Gasteiger partial charge in [0.2, 0.25) is 0 Å². The van der Waals surface area contributed by atoms with Crippen molar-refractivity contribution in [2.45, 2.75) is 31.9 Å². The maximum Gasteiger partial charge on any atom is 0.431 e. The third-order valence-electron chi connectivity index (χ3n) is 3.29. The molecule has 0 spiro atoms. The number of aromatic nitrogens is 1. The predicted octanol–water partition coefficient (Wildman–Crippen LogP) is 3.94. The van der Waals surface area contributed by atoms with Crippen molar-refractivity contribution in [3.63, 3.8) is 0 Å². The van der Waals surface area contributed by atoms with Crippen LogP contribution in [0.15, 0.2) is 24.3 Å². The summed E-state index contributed by atoms with van der Waals surface area (Å²) in [5, 5.41) is 9.34. The van der Waals surface area contributed by atoms with Crippen LogP contribution >= 0.6 is 0 Å². The fourth-order valence-electron chi connectivity index (χ4n) is 2.37. The molecule has 108 valence electrons. The van der Waals surface area contributed by atoms with Crippen LogP contribution in [0.2, 0.25) is 0 Å². The fraction of sp³-hybridized carbons (Fsp3) is 0.357. The molecule has 0 radical (unpaired) electrons. The summed E-state index contributed by atoms with van der Waals surface area (Å²) in [4.78, 5) is 13.2. The van der Waals surface area contributed by atoms with E-state index in [0.29, 0.717) is 16.5 Å². The second-order valence-corrected chi connectivity index (χ2v) is 5.40. The van der Waals surface area contributed by atoms with Crippen molar-refractivity contribution in [3.05, 3.63) is 35.5 Å². The molecular formula is C14H14F3NO2. The summed E-state index contributed by atoms with van der Waals surface area (Å²) in [5.41, 5.74) is -0.639. The first kappa shape index (κ1) is 14.4. The van der Waals surface area contributed by atoms with Crippen LogP contribution in [-0.2, 0) is 16.4 Å². The summed E-state index contributed by atoms with van der Waals surface area (Å²) in [6.07, 6.45) is -4.61. The lowest BCUT2D eigenvalue weighted by Crippen LogP contribution is -2.21. The molecule has 1 aromatic carbocycles. The van der Waals surface area contributed by atoms with Crippen molar-refractivity contribution in [1.29, 1.82) is 0 Å². The predicted molar refractivity (Wildman–Crippen MR) is 68.6 cm³/mol. The second kappa shape index (κ2) is 4.54. The van der Waals surface area contributed by atoms with Gasteiger partial charge in [0, 0.05) is 16.3 Å². The Morgan fingerprint density at radius 2 is 1.95 bits per heavy atom. The minimum absolute atomic E-state index is 0.154. The van der Waals surface area contributed by atoms with Gasteiger partial charge in [-0.1, -0.05) is 26.0 Å². The van der Waals surface area contributed by atoms with Crippen molar-refractivity contribution < 1.29 is 23.1 Å². The molecule has 1 heterocycles. The minimum atomic E-state index is -4.45. The Labute approximate surface area is 113 Å². The smallest absolute Gasteiger partial charge is 0.431 e. The zero-order valence-electron chi connectivity index (χ0n) is 11.0. The van der Waals surface area contributed by atoms with Gasteiger partial charge in [0.25, 0.3) is 0 Å². The van der Waals surface area contributed by atoms with E-state index < -0.39 is 23.3 Å². The molecule has 6 heteroatoms. The van der Waals surface area contributed by atoms with Crippen LogP contribution in [0.4, 0.5) is 13.2 Å². The van der Waals surface area contributed by atoms with Crippen molar-refractivity contribution in [3.8, 4) is 0 Å². The van der Waals surface area contributed by atoms with E-state index in [-0.39, 0.29) is 6.42 Å². The standard InChI is InChI=1S/C14H14F3NO2/c1-13(2,7-12(19)20)9-4-3-5-10-8(9)6-11(18-10)14(15,16)17/h3-6,18H,7H2,1-2H3,(H,19,20). The van der Waals surface area contributed by atoms with Gasteiger partial charge in [-0.25, -0.2) is 0 Å². The van der Waals surface area contributed by atoms with Crippen LogP contribution in [0.25, 0.3) is 10.9 Å². The number of halogens is 3. The van der Waals surface area contributed by atoms with Crippen molar-refractivity contribution in [2.75, 3.05) is 0 Å². The first-order valence-corrected chi connectivity index (χ1v) is 6.02. The Kier molecular flexibility index (Phi) is 3.28. The Hall–Kier alpha value is -1.98. The number of hydrogen-bond acceptors (Lipinski definition) is 1. The first-order valence-electron chi connectivity index (χ1n) is 6.02. The van der Waals surface area contributed by atoms with Gasteiger partial charge in [0.15, 0.2) is 0 Å². The number of hydrogen-bond donors (Lipinski definition) is 2. The number of carboxylic acids is 1. The molecule has 0 aliphatic heterocycles. The molecule has 3 nitrogen and oxygen atoms in total. The summed E-state index contributed by atoms with van der Waals surface area (Å²) < 4.78 is 38.2. The van der Waals surface area contributed by atoms with E-state index >= 15 is 0 Å². The van der Waals surface area contributed by atoms with Crippen LogP contribution in [0.3, 0.4) is 0 Å². The van der Waals surface area contributed by atoms with E-state index in [0.717, 1.165) is 6.07 Å². The Morgan fingerprint density at radius 3 is 2.50 bits per heavy atom. The van der Waals surface area contributed by atoms with Crippen molar-refractivity contribution in [2.24, 2.45) is 0 Å². The van der Waals surface area contributed by atoms with Gasteiger partial charge in [0.1, 0.15) is 5.69 Å². The zero-order chi connectivity index (χ0) is 15.1. The topological polar surface area (TPSA) is 53.1 Å². The molecule has 0 saturated heterocycles. The number of benzene rings is 1. The Balaban J connectivity index is 2.60. The first-order chi connectivity index (χ1) is 9.11. The van der Waals surface area contributed by atoms with Crippen LogP contribution in [-0.4, -0.2) is 16.1 Å². The number of aromatic amines is 1. The van der Waals surface area contributed by atoms with Gasteiger partial charge < -0.3 is 10.1 Å². The molecule has 0 aliphatic carbocycles. The highest BCUT2D eigenvalue weighted by atomic mass is 19.4. The van der Waals surface area contributed by atoms with Crippen LogP contribution in [0, 0.1) is 0 Å². The molecule has 0 unspecified atom stereocenters. The number of carbonyl (C=O) groups is 1. The molecule has 2 rings (SSSR count). The van der Waals surface area contributed by atoms with E-state index in [1.165, 1.54) is 0 Å². The minimum Gasteiger partial charge on any atom is -0.481 e. The van der Waals surface area contributed by atoms with Gasteiger partial charge in [-0.2, -0.15) is 13.2 Å². The SMILES string of the molecule is CC(C)(CC(=O)O)c1cccc2[nH]c(C(F)(F)F)cc12. The van der Waals surface area contributed by atoms with Crippen molar-refractivity contribution >= 4 is 16.9 Å². The Bertz CT molecular complexity index is 656. The van der Waals surface area contributed by atoms with E-state index in [4.69, 9.17) is 5.11 Å². The number of H-pyrrole nitrogens is 1. The zero-order valence-corrected chi connectivity index (χ0v) is 11.0. The molecule has 1 aromatic heterocycles. The monoisotopic (exact) mass is 285 g/mol. The fourth-order valence-corrected chi connectivity index (χ4v) is 2.37. The lowest BCUT2D eigenvalue weighted by Gasteiger charge is -2.24. The van der Waals surface area contributed by atoms with Crippen LogP contribution in [0.5, 0.6) is 0 Å². The lowest BCUT2D eigenvalue weighted by atomic mass is 9.80. The highest BCUT2D eigenvalue weighted by molar-refractivity contribution is 5.86. The lowest BCUT2D eigenvalue weighted by molar-refractivity contribution is -0.141. The van der Waals surface area contributed by atoms with Gasteiger partial charge in [-0.15, -0.1) is 0 Å². The number of alkyl halides is 3. The molecular weight excluding hydrogens is 271 g/mol. The van der Waals surface area contributed by atoms with Gasteiger partial charge in [-0.05, 0) is 17.7 Å². The molecule has 2 N–H and O–H groups in total. The number of rotatable bonds is 3. The summed E-state index contributed by atoms with van der Waals surface area (Å²) in [6.45, 7) is 3.41. The largest absolute Gasteiger partial charge is 0.481 e. The second-order valence-electron chi connectivity index (χ2n) is 5.40. The molecule has 0 aliphatic rings. The third kappa shape index (κ3) is 2.64. The maximum atomic E-state index is 12.7. The molecule has 2 aromatic rings. The maximum absolute atomic E-state index is 12.7. The van der Waals surface area contributed by atoms with Gasteiger partial charge >= 0.3 is 12.1 Å². The number of fused-ring (bicyclic) bond motifs is 1. The van der Waals surface area contributed by atoms with E-state index in [1.807, 2.05) is 0 Å². The molecule has 0 atom stereocenters. The number of carboxylic acid groups (broad SMARTS) is 1. The highest BCUT2D eigenvalue weighted by Crippen LogP contribution is 2.37. The normalized spacial score (nSPS) is 12.8. The molecule has 20 heavy (non-hydrogen) atoms. The molecule has 0 saturated carbocycles. The van der Waals surface area contributed by atoms with E-state index in [9.17, 15) is 18.0 Å². The average molecular weight is 285 g/mol. The summed E-state index contributed by atoms with van der Waals surface area (Å²) in [6, 6.07) is 5.87. The molecule has 0 amide bonds. The van der Waals surface area contributed by atoms with Gasteiger partial charge in [0.05, 0.1) is 6.42 Å². The Morgan fingerprint density at radius 1 is 1.30 bits per heavy atom. The number of aliphatic carboxylic acids is 1. The van der Waals surface area contributed by atoms with Crippen LogP contribution < -0.4 is 0 Å².